The smallest absolute Gasteiger partial charge is 0.265 e. The van der Waals surface area contributed by atoms with Gasteiger partial charge >= 0.3 is 0 Å². The molecule has 1 atom stereocenters. The average molecular weight is 407 g/mol. The number of sulfonamides is 1. The van der Waals surface area contributed by atoms with Gasteiger partial charge in [-0.25, -0.2) is 8.42 Å². The molecule has 7 nitrogen and oxygen atoms in total. The van der Waals surface area contributed by atoms with E-state index in [-0.39, 0.29) is 5.91 Å². The second-order valence-electron chi connectivity index (χ2n) is 6.43. The summed E-state index contributed by atoms with van der Waals surface area (Å²) in [6.45, 7) is 3.78. The van der Waals surface area contributed by atoms with Crippen LogP contribution in [0.2, 0.25) is 0 Å². The van der Waals surface area contributed by atoms with Crippen LogP contribution in [0.3, 0.4) is 0 Å². The van der Waals surface area contributed by atoms with Crippen molar-refractivity contribution in [3.63, 3.8) is 0 Å². The first-order chi connectivity index (χ1) is 13.2. The summed E-state index contributed by atoms with van der Waals surface area (Å²) in [7, 11) is -0.318. The first-order valence-corrected chi connectivity index (χ1v) is 10.7. The van der Waals surface area contributed by atoms with Crippen LogP contribution in [0.5, 0.6) is 11.5 Å². The molecule has 2 aromatic rings. The van der Waals surface area contributed by atoms with Crippen LogP contribution >= 0.6 is 0 Å². The molecule has 0 saturated heterocycles. The van der Waals surface area contributed by atoms with E-state index in [0.29, 0.717) is 29.3 Å². The quantitative estimate of drug-likeness (QED) is 0.728. The number of nitrogens with one attached hydrogen (secondary N) is 1. The van der Waals surface area contributed by atoms with Gasteiger partial charge in [-0.15, -0.1) is 0 Å². The molecule has 0 bridgehead atoms. The Bertz CT molecular complexity index is 926. The molecule has 0 heterocycles. The standard InChI is InChI=1S/C20H26N2O5S/c1-6-18(20(23)21-17-13-14(2)7-12-19(17)26-4)27-16-10-8-15(9-11-16)22(3)28(5,24)25/h7-13,18H,6H2,1-5H3,(H,21,23)/t18-/m1/s1. The number of aryl methyl sites for hydroxylation is 1. The number of methoxy groups -OCH3 is 1. The topological polar surface area (TPSA) is 84.9 Å². The van der Waals surface area contributed by atoms with Crippen LogP contribution in [0, 0.1) is 6.92 Å². The summed E-state index contributed by atoms with van der Waals surface area (Å²) in [6.07, 6.45) is 0.892. The maximum atomic E-state index is 12.7. The van der Waals surface area contributed by atoms with Gasteiger partial charge in [0.15, 0.2) is 6.10 Å². The summed E-state index contributed by atoms with van der Waals surface area (Å²) in [6, 6.07) is 12.1. The second kappa shape index (κ2) is 8.97. The van der Waals surface area contributed by atoms with Crippen LogP contribution in [-0.4, -0.2) is 40.8 Å². The number of hydrogen-bond acceptors (Lipinski definition) is 5. The molecule has 0 aliphatic heterocycles. The van der Waals surface area contributed by atoms with Gasteiger partial charge in [-0.2, -0.15) is 0 Å². The first kappa shape index (κ1) is 21.6. The molecule has 0 radical (unpaired) electrons. The number of rotatable bonds is 8. The highest BCUT2D eigenvalue weighted by Gasteiger charge is 2.20. The lowest BCUT2D eigenvalue weighted by atomic mass is 10.2. The molecule has 152 valence electrons. The van der Waals surface area contributed by atoms with Crippen molar-refractivity contribution in [2.24, 2.45) is 0 Å². The van der Waals surface area contributed by atoms with Crippen LogP contribution in [0.25, 0.3) is 0 Å². The van der Waals surface area contributed by atoms with Gasteiger partial charge in [0, 0.05) is 7.05 Å². The molecular formula is C20H26N2O5S. The Hall–Kier alpha value is -2.74. The maximum absolute atomic E-state index is 12.7. The van der Waals surface area contributed by atoms with E-state index >= 15 is 0 Å². The summed E-state index contributed by atoms with van der Waals surface area (Å²) in [5.41, 5.74) is 2.09. The molecular weight excluding hydrogens is 380 g/mol. The predicted octanol–water partition coefficient (Wildman–Crippen LogP) is 3.20. The van der Waals surface area contributed by atoms with Gasteiger partial charge in [0.1, 0.15) is 11.5 Å². The lowest BCUT2D eigenvalue weighted by molar-refractivity contribution is -0.122. The van der Waals surface area contributed by atoms with Crippen molar-refractivity contribution in [3.05, 3.63) is 48.0 Å². The molecule has 0 spiro atoms. The summed E-state index contributed by atoms with van der Waals surface area (Å²) in [5.74, 6) is 0.759. The lowest BCUT2D eigenvalue weighted by Gasteiger charge is -2.20. The fourth-order valence-electron chi connectivity index (χ4n) is 2.55. The number of nitrogens with zero attached hydrogens (tertiary/aromatic N) is 1. The van der Waals surface area contributed by atoms with E-state index in [1.807, 2.05) is 26.0 Å². The fraction of sp³-hybridized carbons (Fsp3) is 0.350. The monoisotopic (exact) mass is 406 g/mol. The van der Waals surface area contributed by atoms with Gasteiger partial charge in [0.2, 0.25) is 10.0 Å². The molecule has 0 aliphatic rings. The molecule has 2 aromatic carbocycles. The van der Waals surface area contributed by atoms with Gasteiger partial charge in [0.25, 0.3) is 5.91 Å². The molecule has 0 aliphatic carbocycles. The minimum atomic E-state index is -3.34. The number of amides is 1. The summed E-state index contributed by atoms with van der Waals surface area (Å²) < 4.78 is 35.5. The lowest BCUT2D eigenvalue weighted by Crippen LogP contribution is -2.32. The molecule has 0 aromatic heterocycles. The van der Waals surface area contributed by atoms with E-state index < -0.39 is 16.1 Å². The highest BCUT2D eigenvalue weighted by Crippen LogP contribution is 2.26. The predicted molar refractivity (Wildman–Crippen MR) is 111 cm³/mol. The van der Waals surface area contributed by atoms with Crippen LogP contribution in [0.1, 0.15) is 18.9 Å². The number of benzene rings is 2. The van der Waals surface area contributed by atoms with E-state index in [1.54, 1.807) is 37.4 Å². The van der Waals surface area contributed by atoms with Gasteiger partial charge in [-0.1, -0.05) is 13.0 Å². The number of hydrogen-bond donors (Lipinski definition) is 1. The molecule has 28 heavy (non-hydrogen) atoms. The average Bonchev–Trinajstić information content (AvgIpc) is 2.65. The summed E-state index contributed by atoms with van der Waals surface area (Å²) >= 11 is 0. The Kier molecular flexibility index (Phi) is 6.90. The van der Waals surface area contributed by atoms with Crippen molar-refractivity contribution in [1.29, 1.82) is 0 Å². The largest absolute Gasteiger partial charge is 0.495 e. The number of anilines is 2. The van der Waals surface area contributed by atoms with Crippen LogP contribution in [0.15, 0.2) is 42.5 Å². The minimum absolute atomic E-state index is 0.288. The van der Waals surface area contributed by atoms with Gasteiger partial charge in [0.05, 0.1) is 24.7 Å². The normalized spacial score (nSPS) is 12.2. The second-order valence-corrected chi connectivity index (χ2v) is 8.45. The Labute approximate surface area is 166 Å². The Morgan fingerprint density at radius 1 is 1.18 bits per heavy atom. The highest BCUT2D eigenvalue weighted by atomic mass is 32.2. The zero-order chi connectivity index (χ0) is 20.9. The maximum Gasteiger partial charge on any atom is 0.265 e. The molecule has 1 amide bonds. The third-order valence-corrected chi connectivity index (χ3v) is 5.46. The summed E-state index contributed by atoms with van der Waals surface area (Å²) in [4.78, 5) is 12.7. The highest BCUT2D eigenvalue weighted by molar-refractivity contribution is 7.92. The number of carbonyl (C=O) groups is 1. The van der Waals surface area contributed by atoms with Crippen molar-refractivity contribution in [1.82, 2.24) is 0 Å². The van der Waals surface area contributed by atoms with Gasteiger partial charge < -0.3 is 14.8 Å². The molecule has 8 heteroatoms. The minimum Gasteiger partial charge on any atom is -0.495 e. The van der Waals surface area contributed by atoms with Crippen molar-refractivity contribution < 1.29 is 22.7 Å². The zero-order valence-corrected chi connectivity index (χ0v) is 17.5. The van der Waals surface area contributed by atoms with Crippen LogP contribution in [0.4, 0.5) is 11.4 Å². The fourth-order valence-corrected chi connectivity index (χ4v) is 3.05. The molecule has 1 N–H and O–H groups in total. The van der Waals surface area contributed by atoms with Gasteiger partial charge in [-0.3, -0.25) is 9.10 Å². The SMILES string of the molecule is CC[C@@H](Oc1ccc(N(C)S(C)(=O)=O)cc1)C(=O)Nc1cc(C)ccc1OC. The Morgan fingerprint density at radius 2 is 1.82 bits per heavy atom. The third-order valence-electron chi connectivity index (χ3n) is 4.25. The van der Waals surface area contributed by atoms with Crippen LogP contribution < -0.4 is 19.1 Å². The van der Waals surface area contributed by atoms with E-state index in [4.69, 9.17) is 9.47 Å². The zero-order valence-electron chi connectivity index (χ0n) is 16.7. The van der Waals surface area contributed by atoms with E-state index in [1.165, 1.54) is 11.4 Å². The van der Waals surface area contributed by atoms with E-state index in [9.17, 15) is 13.2 Å². The van der Waals surface area contributed by atoms with E-state index in [0.717, 1.165) is 11.8 Å². The third kappa shape index (κ3) is 5.39. The van der Waals surface area contributed by atoms with E-state index in [2.05, 4.69) is 5.32 Å². The van der Waals surface area contributed by atoms with Crippen molar-refractivity contribution in [2.75, 3.05) is 30.0 Å². The number of carbonyl (C=O) groups excluding carboxylic acids is 1. The molecule has 0 fully saturated rings. The molecule has 0 saturated carbocycles. The Morgan fingerprint density at radius 3 is 2.36 bits per heavy atom. The Balaban J connectivity index is 2.11. The van der Waals surface area contributed by atoms with Crippen LogP contribution in [-0.2, 0) is 14.8 Å². The molecule has 2 rings (SSSR count). The van der Waals surface area contributed by atoms with Crippen molar-refractivity contribution in [2.45, 2.75) is 26.4 Å². The first-order valence-electron chi connectivity index (χ1n) is 8.81. The molecule has 0 unspecified atom stereocenters. The van der Waals surface area contributed by atoms with Crippen molar-refractivity contribution >= 4 is 27.3 Å². The van der Waals surface area contributed by atoms with Crippen molar-refractivity contribution in [3.8, 4) is 11.5 Å². The summed E-state index contributed by atoms with van der Waals surface area (Å²) in [5, 5.41) is 2.85. The van der Waals surface area contributed by atoms with Gasteiger partial charge in [-0.05, 0) is 55.3 Å². The number of ether oxygens (including phenoxy) is 2.